The van der Waals surface area contributed by atoms with Crippen LogP contribution in [0.1, 0.15) is 46.5 Å². The Morgan fingerprint density at radius 3 is 2.71 bits per heavy atom. The van der Waals surface area contributed by atoms with Crippen LogP contribution >= 0.6 is 0 Å². The van der Waals surface area contributed by atoms with Gasteiger partial charge in [0.2, 0.25) is 0 Å². The molecule has 1 rings (SSSR count). The van der Waals surface area contributed by atoms with E-state index in [2.05, 4.69) is 31.0 Å². The third-order valence-electron chi connectivity index (χ3n) is 3.94. The monoisotopic (exact) mass is 242 g/mol. The maximum absolute atomic E-state index is 9.72. The normalized spacial score (nSPS) is 28.2. The predicted octanol–water partition coefficient (Wildman–Crippen LogP) is 1.86. The van der Waals surface area contributed by atoms with E-state index < -0.39 is 0 Å². The second-order valence-corrected chi connectivity index (χ2v) is 5.34. The van der Waals surface area contributed by atoms with Gasteiger partial charge in [-0.15, -0.1) is 0 Å². The number of rotatable bonds is 7. The van der Waals surface area contributed by atoms with Crippen LogP contribution in [0.4, 0.5) is 0 Å². The van der Waals surface area contributed by atoms with Crippen molar-refractivity contribution in [1.82, 2.24) is 10.2 Å². The molecule has 1 saturated heterocycles. The van der Waals surface area contributed by atoms with Gasteiger partial charge in [0.05, 0.1) is 6.10 Å². The van der Waals surface area contributed by atoms with Gasteiger partial charge < -0.3 is 15.3 Å². The highest BCUT2D eigenvalue weighted by molar-refractivity contribution is 4.85. The average Bonchev–Trinajstić information content (AvgIpc) is 2.36. The van der Waals surface area contributed by atoms with Gasteiger partial charge in [0.15, 0.2) is 0 Å². The van der Waals surface area contributed by atoms with Gasteiger partial charge in [-0.2, -0.15) is 0 Å². The molecule has 2 N–H and O–H groups in total. The van der Waals surface area contributed by atoms with Crippen LogP contribution in [0.5, 0.6) is 0 Å². The van der Waals surface area contributed by atoms with E-state index in [1.165, 1.54) is 19.3 Å². The van der Waals surface area contributed by atoms with Gasteiger partial charge in [-0.3, -0.25) is 0 Å². The molecule has 0 aromatic rings. The van der Waals surface area contributed by atoms with Crippen molar-refractivity contribution in [3.8, 4) is 0 Å². The molecule has 0 amide bonds. The third kappa shape index (κ3) is 4.94. The largest absolute Gasteiger partial charge is 0.392 e. The standard InChI is InChI=1S/C14H30N2O/c1-4-8-15-14-7-9-16(10-12(14)5-2)11-13(17)6-3/h12-15,17H,4-11H2,1-3H3. The molecule has 3 atom stereocenters. The zero-order valence-corrected chi connectivity index (χ0v) is 11.8. The summed E-state index contributed by atoms with van der Waals surface area (Å²) in [6, 6.07) is 0.690. The van der Waals surface area contributed by atoms with Crippen LogP contribution in [-0.2, 0) is 0 Å². The first-order chi connectivity index (χ1) is 8.21. The third-order valence-corrected chi connectivity index (χ3v) is 3.94. The summed E-state index contributed by atoms with van der Waals surface area (Å²) in [4.78, 5) is 2.44. The maximum Gasteiger partial charge on any atom is 0.0664 e. The lowest BCUT2D eigenvalue weighted by Crippen LogP contribution is -2.50. The zero-order chi connectivity index (χ0) is 12.7. The Balaban J connectivity index is 2.37. The lowest BCUT2D eigenvalue weighted by Gasteiger charge is -2.39. The molecular weight excluding hydrogens is 212 g/mol. The number of likely N-dealkylation sites (tertiary alicyclic amines) is 1. The Morgan fingerprint density at radius 2 is 2.12 bits per heavy atom. The fraction of sp³-hybridized carbons (Fsp3) is 1.00. The smallest absolute Gasteiger partial charge is 0.0664 e. The van der Waals surface area contributed by atoms with E-state index in [0.717, 1.165) is 38.5 Å². The summed E-state index contributed by atoms with van der Waals surface area (Å²) in [6.45, 7) is 10.8. The Kier molecular flexibility index (Phi) is 7.09. The van der Waals surface area contributed by atoms with Gasteiger partial charge in [-0.25, -0.2) is 0 Å². The van der Waals surface area contributed by atoms with E-state index in [9.17, 15) is 5.11 Å². The SMILES string of the molecule is CCCNC1CCN(CC(O)CC)CC1CC. The van der Waals surface area contributed by atoms with Crippen LogP contribution in [0.2, 0.25) is 0 Å². The Bertz CT molecular complexity index is 199. The second-order valence-electron chi connectivity index (χ2n) is 5.34. The summed E-state index contributed by atoms with van der Waals surface area (Å²) in [5, 5.41) is 13.4. The first kappa shape index (κ1) is 14.9. The molecule has 0 saturated carbocycles. The lowest BCUT2D eigenvalue weighted by molar-refractivity contribution is 0.0686. The zero-order valence-electron chi connectivity index (χ0n) is 11.8. The van der Waals surface area contributed by atoms with Crippen molar-refractivity contribution in [1.29, 1.82) is 0 Å². The molecule has 17 heavy (non-hydrogen) atoms. The number of nitrogens with one attached hydrogen (secondary N) is 1. The fourth-order valence-corrected chi connectivity index (χ4v) is 2.71. The van der Waals surface area contributed by atoms with Crippen molar-refractivity contribution in [3.63, 3.8) is 0 Å². The van der Waals surface area contributed by atoms with Crippen molar-refractivity contribution in [3.05, 3.63) is 0 Å². The van der Waals surface area contributed by atoms with Crippen molar-refractivity contribution in [2.75, 3.05) is 26.2 Å². The maximum atomic E-state index is 9.72. The number of piperidine rings is 1. The number of nitrogens with zero attached hydrogens (tertiary/aromatic N) is 1. The molecular formula is C14H30N2O. The molecule has 0 aliphatic carbocycles. The van der Waals surface area contributed by atoms with E-state index in [-0.39, 0.29) is 6.10 Å². The molecule has 0 aromatic heterocycles. The molecule has 102 valence electrons. The van der Waals surface area contributed by atoms with E-state index in [1.54, 1.807) is 0 Å². The highest BCUT2D eigenvalue weighted by atomic mass is 16.3. The lowest BCUT2D eigenvalue weighted by atomic mass is 9.89. The van der Waals surface area contributed by atoms with Crippen LogP contribution in [0, 0.1) is 5.92 Å². The molecule has 3 heteroatoms. The summed E-state index contributed by atoms with van der Waals surface area (Å²) >= 11 is 0. The van der Waals surface area contributed by atoms with Crippen molar-refractivity contribution < 1.29 is 5.11 Å². The van der Waals surface area contributed by atoms with Crippen LogP contribution < -0.4 is 5.32 Å². The summed E-state index contributed by atoms with van der Waals surface area (Å²) in [5.74, 6) is 0.749. The highest BCUT2D eigenvalue weighted by Gasteiger charge is 2.27. The molecule has 1 heterocycles. The van der Waals surface area contributed by atoms with E-state index in [0.29, 0.717) is 6.04 Å². The van der Waals surface area contributed by atoms with Crippen LogP contribution in [-0.4, -0.2) is 48.3 Å². The first-order valence-electron chi connectivity index (χ1n) is 7.35. The summed E-state index contributed by atoms with van der Waals surface area (Å²) in [6.07, 6.45) is 4.40. The highest BCUT2D eigenvalue weighted by Crippen LogP contribution is 2.20. The van der Waals surface area contributed by atoms with Gasteiger partial charge in [-0.1, -0.05) is 27.2 Å². The number of aliphatic hydroxyl groups is 1. The molecule has 3 unspecified atom stereocenters. The van der Waals surface area contributed by atoms with E-state index in [4.69, 9.17) is 0 Å². The van der Waals surface area contributed by atoms with Gasteiger partial charge >= 0.3 is 0 Å². The van der Waals surface area contributed by atoms with E-state index in [1.807, 2.05) is 0 Å². The minimum absolute atomic E-state index is 0.146. The second kappa shape index (κ2) is 8.06. The van der Waals surface area contributed by atoms with Gasteiger partial charge in [0.25, 0.3) is 0 Å². The Hall–Kier alpha value is -0.120. The number of hydrogen-bond acceptors (Lipinski definition) is 3. The Labute approximate surface area is 107 Å². The Morgan fingerprint density at radius 1 is 1.35 bits per heavy atom. The summed E-state index contributed by atoms with van der Waals surface area (Å²) < 4.78 is 0. The van der Waals surface area contributed by atoms with Crippen molar-refractivity contribution in [2.45, 2.75) is 58.6 Å². The quantitative estimate of drug-likeness (QED) is 0.715. The topological polar surface area (TPSA) is 35.5 Å². The van der Waals surface area contributed by atoms with E-state index >= 15 is 0 Å². The molecule has 0 aromatic carbocycles. The molecule has 3 nitrogen and oxygen atoms in total. The van der Waals surface area contributed by atoms with Gasteiger partial charge in [0, 0.05) is 19.1 Å². The number of hydrogen-bond donors (Lipinski definition) is 2. The molecule has 0 radical (unpaired) electrons. The average molecular weight is 242 g/mol. The minimum Gasteiger partial charge on any atom is -0.392 e. The van der Waals surface area contributed by atoms with Crippen LogP contribution in [0.15, 0.2) is 0 Å². The minimum atomic E-state index is -0.146. The molecule has 1 fully saturated rings. The molecule has 0 spiro atoms. The van der Waals surface area contributed by atoms with Crippen molar-refractivity contribution in [2.24, 2.45) is 5.92 Å². The molecule has 1 aliphatic heterocycles. The van der Waals surface area contributed by atoms with Crippen LogP contribution in [0.25, 0.3) is 0 Å². The molecule has 1 aliphatic rings. The van der Waals surface area contributed by atoms with Gasteiger partial charge in [0.1, 0.15) is 0 Å². The van der Waals surface area contributed by atoms with Gasteiger partial charge in [-0.05, 0) is 38.3 Å². The number of β-amino-alcohol motifs (C(OH)–C–C–N with tert-alkyl or cyclic N) is 1. The first-order valence-corrected chi connectivity index (χ1v) is 7.35. The number of aliphatic hydroxyl groups excluding tert-OH is 1. The summed E-state index contributed by atoms with van der Waals surface area (Å²) in [5.41, 5.74) is 0. The molecule has 0 bridgehead atoms. The predicted molar refractivity (Wildman–Crippen MR) is 73.2 cm³/mol. The van der Waals surface area contributed by atoms with Crippen LogP contribution in [0.3, 0.4) is 0 Å². The van der Waals surface area contributed by atoms with Crippen molar-refractivity contribution >= 4 is 0 Å². The summed E-state index contributed by atoms with van der Waals surface area (Å²) in [7, 11) is 0. The fourth-order valence-electron chi connectivity index (χ4n) is 2.71.